The molecule has 2 aromatic rings. The minimum atomic E-state index is 0. The third-order valence-electron chi connectivity index (χ3n) is 2.83. The van der Waals surface area contributed by atoms with Crippen LogP contribution in [0.1, 0.15) is 21.0 Å². The van der Waals surface area contributed by atoms with E-state index in [9.17, 15) is 0 Å². The van der Waals surface area contributed by atoms with Crippen molar-refractivity contribution in [3.63, 3.8) is 0 Å². The SMILES string of the molecule is Cc1cnc(CN=C(N)Nc2ccc(C)c(C)c2)s1.I. The van der Waals surface area contributed by atoms with Gasteiger partial charge in [0.25, 0.3) is 0 Å². The van der Waals surface area contributed by atoms with Gasteiger partial charge in [-0.1, -0.05) is 6.07 Å². The van der Waals surface area contributed by atoms with Crippen LogP contribution in [0.15, 0.2) is 29.4 Å². The number of hydrogen-bond acceptors (Lipinski definition) is 3. The fraction of sp³-hybridized carbons (Fsp3) is 0.286. The maximum atomic E-state index is 5.86. The summed E-state index contributed by atoms with van der Waals surface area (Å²) in [6.07, 6.45) is 1.85. The van der Waals surface area contributed by atoms with E-state index in [1.165, 1.54) is 16.0 Å². The van der Waals surface area contributed by atoms with Gasteiger partial charge in [-0.15, -0.1) is 35.3 Å². The summed E-state index contributed by atoms with van der Waals surface area (Å²) in [5.74, 6) is 0.413. The van der Waals surface area contributed by atoms with Crippen molar-refractivity contribution in [3.8, 4) is 0 Å². The molecule has 1 aromatic carbocycles. The van der Waals surface area contributed by atoms with Crippen LogP contribution in [0.3, 0.4) is 0 Å². The first-order valence-electron chi connectivity index (χ1n) is 6.10. The highest BCUT2D eigenvalue weighted by Crippen LogP contribution is 2.14. The molecule has 0 radical (unpaired) electrons. The number of aliphatic imine (C=N–C) groups is 1. The van der Waals surface area contributed by atoms with Gasteiger partial charge in [0.1, 0.15) is 5.01 Å². The van der Waals surface area contributed by atoms with Crippen LogP contribution in [0.2, 0.25) is 0 Å². The van der Waals surface area contributed by atoms with Crippen molar-refractivity contribution in [2.24, 2.45) is 10.7 Å². The summed E-state index contributed by atoms with van der Waals surface area (Å²) in [7, 11) is 0. The number of aromatic nitrogens is 1. The van der Waals surface area contributed by atoms with Crippen LogP contribution in [0, 0.1) is 20.8 Å². The molecule has 0 aliphatic rings. The van der Waals surface area contributed by atoms with Gasteiger partial charge in [0.15, 0.2) is 5.96 Å². The standard InChI is InChI=1S/C14H18N4S.HI/c1-9-4-5-12(6-10(9)2)18-14(15)17-8-13-16-7-11(3)19-13;/h4-7H,8H2,1-3H3,(H3,15,17,18);1H. The quantitative estimate of drug-likeness (QED) is 0.469. The number of rotatable bonds is 3. The number of hydrogen-bond donors (Lipinski definition) is 2. The predicted molar refractivity (Wildman–Crippen MR) is 97.1 cm³/mol. The maximum absolute atomic E-state index is 5.86. The fourth-order valence-electron chi connectivity index (χ4n) is 1.63. The van der Waals surface area contributed by atoms with E-state index >= 15 is 0 Å². The summed E-state index contributed by atoms with van der Waals surface area (Å²) >= 11 is 1.64. The van der Waals surface area contributed by atoms with Gasteiger partial charge in [0, 0.05) is 16.8 Å². The van der Waals surface area contributed by atoms with Crippen molar-refractivity contribution in [3.05, 3.63) is 45.4 Å². The van der Waals surface area contributed by atoms with E-state index in [0.717, 1.165) is 10.7 Å². The molecule has 20 heavy (non-hydrogen) atoms. The zero-order valence-electron chi connectivity index (χ0n) is 11.8. The van der Waals surface area contributed by atoms with E-state index in [1.54, 1.807) is 11.3 Å². The van der Waals surface area contributed by atoms with Gasteiger partial charge in [-0.05, 0) is 44.0 Å². The summed E-state index contributed by atoms with van der Waals surface area (Å²) in [5, 5.41) is 4.07. The first-order chi connectivity index (χ1) is 9.04. The lowest BCUT2D eigenvalue weighted by molar-refractivity contribution is 1.03. The Balaban J connectivity index is 0.00000200. The monoisotopic (exact) mass is 402 g/mol. The van der Waals surface area contributed by atoms with Crippen LogP contribution >= 0.6 is 35.3 Å². The molecule has 1 heterocycles. The Bertz CT molecular complexity index is 607. The Morgan fingerprint density at radius 2 is 2.05 bits per heavy atom. The van der Waals surface area contributed by atoms with Crippen LogP contribution in [-0.2, 0) is 6.54 Å². The lowest BCUT2D eigenvalue weighted by Gasteiger charge is -2.07. The van der Waals surface area contributed by atoms with Gasteiger partial charge in [-0.2, -0.15) is 0 Å². The fourth-order valence-corrected chi connectivity index (χ4v) is 2.35. The van der Waals surface area contributed by atoms with Crippen molar-refractivity contribution in [2.75, 3.05) is 5.32 Å². The first kappa shape index (κ1) is 16.9. The molecule has 0 aliphatic carbocycles. The first-order valence-corrected chi connectivity index (χ1v) is 6.92. The van der Waals surface area contributed by atoms with Gasteiger partial charge in [-0.3, -0.25) is 0 Å². The molecule has 0 atom stereocenters. The molecule has 0 saturated carbocycles. The van der Waals surface area contributed by atoms with Gasteiger partial charge in [0.05, 0.1) is 6.54 Å². The number of nitrogens with two attached hydrogens (primary N) is 1. The Kier molecular flexibility index (Phi) is 6.41. The third kappa shape index (κ3) is 4.75. The predicted octanol–water partition coefficient (Wildman–Crippen LogP) is 3.61. The van der Waals surface area contributed by atoms with Crippen LogP contribution < -0.4 is 11.1 Å². The topological polar surface area (TPSA) is 63.3 Å². The summed E-state index contributed by atoms with van der Waals surface area (Å²) < 4.78 is 0. The lowest BCUT2D eigenvalue weighted by atomic mass is 10.1. The smallest absolute Gasteiger partial charge is 0.193 e. The summed E-state index contributed by atoms with van der Waals surface area (Å²) in [5.41, 5.74) is 9.32. The van der Waals surface area contributed by atoms with Crippen molar-refractivity contribution >= 4 is 47.0 Å². The highest BCUT2D eigenvalue weighted by atomic mass is 127. The van der Waals surface area contributed by atoms with Crippen molar-refractivity contribution in [1.29, 1.82) is 0 Å². The molecule has 0 unspecified atom stereocenters. The van der Waals surface area contributed by atoms with Gasteiger partial charge in [0.2, 0.25) is 0 Å². The molecule has 1 aromatic heterocycles. The highest BCUT2D eigenvalue weighted by molar-refractivity contribution is 14.0. The molecule has 4 nitrogen and oxygen atoms in total. The second-order valence-corrected chi connectivity index (χ2v) is 5.81. The number of thiazole rings is 1. The largest absolute Gasteiger partial charge is 0.370 e. The molecule has 0 bridgehead atoms. The zero-order valence-corrected chi connectivity index (χ0v) is 15.0. The number of halogens is 1. The second-order valence-electron chi connectivity index (χ2n) is 4.49. The number of benzene rings is 1. The van der Waals surface area contributed by atoms with Crippen molar-refractivity contribution < 1.29 is 0 Å². The van der Waals surface area contributed by atoms with Crippen molar-refractivity contribution in [1.82, 2.24) is 4.98 Å². The van der Waals surface area contributed by atoms with Crippen LogP contribution in [-0.4, -0.2) is 10.9 Å². The third-order valence-corrected chi connectivity index (χ3v) is 3.73. The Morgan fingerprint density at radius 1 is 1.30 bits per heavy atom. The van der Waals surface area contributed by atoms with Crippen LogP contribution in [0.25, 0.3) is 0 Å². The van der Waals surface area contributed by atoms with Gasteiger partial charge < -0.3 is 11.1 Å². The Labute approximate surface area is 140 Å². The summed E-state index contributed by atoms with van der Waals surface area (Å²) in [6.45, 7) is 6.71. The molecule has 0 saturated heterocycles. The minimum Gasteiger partial charge on any atom is -0.370 e. The molecule has 0 amide bonds. The van der Waals surface area contributed by atoms with E-state index in [-0.39, 0.29) is 24.0 Å². The van der Waals surface area contributed by atoms with E-state index in [0.29, 0.717) is 12.5 Å². The molecular weight excluding hydrogens is 383 g/mol. The minimum absolute atomic E-state index is 0. The molecule has 108 valence electrons. The van der Waals surface area contributed by atoms with Crippen molar-refractivity contribution in [2.45, 2.75) is 27.3 Å². The molecule has 0 spiro atoms. The van der Waals surface area contributed by atoms with E-state index in [4.69, 9.17) is 5.73 Å². The number of nitrogens with one attached hydrogen (secondary N) is 1. The Morgan fingerprint density at radius 3 is 2.65 bits per heavy atom. The van der Waals surface area contributed by atoms with Gasteiger partial charge >= 0.3 is 0 Å². The average Bonchev–Trinajstić information content (AvgIpc) is 2.77. The molecular formula is C14H19IN4S. The molecule has 3 N–H and O–H groups in total. The van der Waals surface area contributed by atoms with E-state index in [2.05, 4.69) is 41.3 Å². The van der Waals surface area contributed by atoms with Crippen LogP contribution in [0.5, 0.6) is 0 Å². The Hall–Kier alpha value is -1.15. The summed E-state index contributed by atoms with van der Waals surface area (Å²) in [6, 6.07) is 6.12. The number of anilines is 1. The highest BCUT2D eigenvalue weighted by Gasteiger charge is 2.00. The van der Waals surface area contributed by atoms with Gasteiger partial charge in [-0.25, -0.2) is 9.98 Å². The normalized spacial score (nSPS) is 11.1. The molecule has 0 aliphatic heterocycles. The van der Waals surface area contributed by atoms with E-state index < -0.39 is 0 Å². The molecule has 6 heteroatoms. The number of nitrogens with zero attached hydrogens (tertiary/aromatic N) is 2. The van der Waals surface area contributed by atoms with Crippen LogP contribution in [0.4, 0.5) is 5.69 Å². The maximum Gasteiger partial charge on any atom is 0.193 e. The summed E-state index contributed by atoms with van der Waals surface area (Å²) in [4.78, 5) is 9.72. The molecule has 0 fully saturated rings. The number of aryl methyl sites for hydroxylation is 3. The second kappa shape index (κ2) is 7.58. The lowest BCUT2D eigenvalue weighted by Crippen LogP contribution is -2.22. The number of guanidine groups is 1. The zero-order chi connectivity index (χ0) is 13.8. The average molecular weight is 402 g/mol. The molecule has 2 rings (SSSR count). The van der Waals surface area contributed by atoms with E-state index in [1.807, 2.05) is 19.2 Å².